The second kappa shape index (κ2) is 8.74. The van der Waals surface area contributed by atoms with Crippen molar-refractivity contribution in [1.29, 1.82) is 0 Å². The Morgan fingerprint density at radius 3 is 2.50 bits per heavy atom. The highest BCUT2D eigenvalue weighted by atomic mass is 32.2. The molecule has 26 heavy (non-hydrogen) atoms. The van der Waals surface area contributed by atoms with Crippen molar-refractivity contribution < 1.29 is 0 Å². The summed E-state index contributed by atoms with van der Waals surface area (Å²) in [6.07, 6.45) is 5.07. The number of nitrogens with zero attached hydrogens (tertiary/aromatic N) is 3. The van der Waals surface area contributed by atoms with E-state index in [2.05, 4.69) is 64.4 Å². The van der Waals surface area contributed by atoms with Crippen LogP contribution in [0.3, 0.4) is 0 Å². The molecule has 1 saturated heterocycles. The molecule has 0 bridgehead atoms. The molecule has 4 heteroatoms. The van der Waals surface area contributed by atoms with Crippen LogP contribution in [0.1, 0.15) is 24.8 Å². The molecule has 0 N–H and O–H groups in total. The van der Waals surface area contributed by atoms with Gasteiger partial charge in [0.15, 0.2) is 5.17 Å². The summed E-state index contributed by atoms with van der Waals surface area (Å²) >= 11 is 1.91. The number of hydrogen-bond donors (Lipinski definition) is 0. The Labute approximate surface area is 161 Å². The molecule has 0 atom stereocenters. The van der Waals surface area contributed by atoms with Gasteiger partial charge in [-0.1, -0.05) is 48.2 Å². The molecule has 2 aliphatic heterocycles. The van der Waals surface area contributed by atoms with Gasteiger partial charge in [0.25, 0.3) is 0 Å². The summed E-state index contributed by atoms with van der Waals surface area (Å²) in [6, 6.07) is 19.2. The van der Waals surface area contributed by atoms with Gasteiger partial charge in [-0.3, -0.25) is 0 Å². The predicted octanol–water partition coefficient (Wildman–Crippen LogP) is 4.96. The number of benzene rings is 2. The third-order valence-electron chi connectivity index (χ3n) is 5.16. The standard InChI is InChI=1S/C22H27N3S/c1-2-11-20(12-3-1)23-22(26-18-17-24-14-6-7-15-24)25-16-8-10-19-9-4-5-13-21(19)25/h1-5,9,11-13H,6-8,10,14-18H2. The molecule has 2 aromatic rings. The zero-order valence-electron chi connectivity index (χ0n) is 15.3. The van der Waals surface area contributed by atoms with Crippen molar-refractivity contribution in [3.05, 3.63) is 60.2 Å². The Morgan fingerprint density at radius 1 is 0.885 bits per heavy atom. The fourth-order valence-corrected chi connectivity index (χ4v) is 4.84. The highest BCUT2D eigenvalue weighted by molar-refractivity contribution is 8.14. The largest absolute Gasteiger partial charge is 0.321 e. The Morgan fingerprint density at radius 2 is 1.65 bits per heavy atom. The van der Waals surface area contributed by atoms with Gasteiger partial charge in [-0.05, 0) is 62.5 Å². The van der Waals surface area contributed by atoms with Gasteiger partial charge in [-0.2, -0.15) is 0 Å². The average Bonchev–Trinajstić information content (AvgIpc) is 3.21. The summed E-state index contributed by atoms with van der Waals surface area (Å²) in [6.45, 7) is 4.74. The minimum atomic E-state index is 1.04. The normalized spacial score (nSPS) is 18.2. The van der Waals surface area contributed by atoms with Gasteiger partial charge in [0.2, 0.25) is 0 Å². The molecule has 0 aliphatic carbocycles. The minimum absolute atomic E-state index is 1.04. The molecule has 2 aliphatic rings. The maximum atomic E-state index is 5.03. The molecule has 3 nitrogen and oxygen atoms in total. The second-order valence-corrected chi connectivity index (χ2v) is 8.07. The van der Waals surface area contributed by atoms with E-state index >= 15 is 0 Å². The van der Waals surface area contributed by atoms with Gasteiger partial charge in [-0.15, -0.1) is 0 Å². The number of hydrogen-bond acceptors (Lipinski definition) is 3. The molecule has 2 aromatic carbocycles. The fourth-order valence-electron chi connectivity index (χ4n) is 3.79. The fraction of sp³-hybridized carbons (Fsp3) is 0.409. The number of para-hydroxylation sites is 2. The Hall–Kier alpha value is -1.78. The molecule has 1 fully saturated rings. The molecule has 0 radical (unpaired) electrons. The number of anilines is 1. The van der Waals surface area contributed by atoms with E-state index in [1.54, 1.807) is 0 Å². The number of rotatable bonds is 4. The SMILES string of the molecule is c1ccc(N=C(SCCN2CCCC2)N2CCCc3ccccc32)cc1. The molecule has 0 aromatic heterocycles. The molecular formula is C22H27N3S. The van der Waals surface area contributed by atoms with Gasteiger partial charge in [0.1, 0.15) is 0 Å². The summed E-state index contributed by atoms with van der Waals surface area (Å²) in [4.78, 5) is 10.0. The quantitative estimate of drug-likeness (QED) is 0.564. The third-order valence-corrected chi connectivity index (χ3v) is 6.12. The lowest BCUT2D eigenvalue weighted by molar-refractivity contribution is 0.362. The van der Waals surface area contributed by atoms with Crippen LogP contribution in [0.4, 0.5) is 11.4 Å². The Balaban J connectivity index is 1.55. The number of aryl methyl sites for hydroxylation is 1. The molecule has 0 amide bonds. The van der Waals surface area contributed by atoms with Crippen LogP contribution in [0.15, 0.2) is 59.6 Å². The van der Waals surface area contributed by atoms with Crippen LogP contribution in [-0.4, -0.2) is 42.0 Å². The van der Waals surface area contributed by atoms with E-state index in [1.807, 2.05) is 11.8 Å². The van der Waals surface area contributed by atoms with E-state index in [-0.39, 0.29) is 0 Å². The molecule has 0 unspecified atom stereocenters. The zero-order valence-corrected chi connectivity index (χ0v) is 16.1. The summed E-state index contributed by atoms with van der Waals surface area (Å²) in [7, 11) is 0. The highest BCUT2D eigenvalue weighted by Crippen LogP contribution is 2.30. The van der Waals surface area contributed by atoms with E-state index < -0.39 is 0 Å². The maximum Gasteiger partial charge on any atom is 0.168 e. The van der Waals surface area contributed by atoms with Crippen molar-refractivity contribution in [1.82, 2.24) is 4.90 Å². The summed E-state index contributed by atoms with van der Waals surface area (Å²) in [5, 5.41) is 1.14. The third kappa shape index (κ3) is 4.30. The summed E-state index contributed by atoms with van der Waals surface area (Å²) in [5.41, 5.74) is 3.82. The predicted molar refractivity (Wildman–Crippen MR) is 114 cm³/mol. The van der Waals surface area contributed by atoms with E-state index in [0.717, 1.165) is 29.7 Å². The van der Waals surface area contributed by atoms with Crippen molar-refractivity contribution in [2.75, 3.05) is 36.8 Å². The first-order chi connectivity index (χ1) is 12.9. The Kier molecular flexibility index (Phi) is 5.92. The molecule has 136 valence electrons. The lowest BCUT2D eigenvalue weighted by atomic mass is 10.0. The maximum absolute atomic E-state index is 5.03. The topological polar surface area (TPSA) is 18.8 Å². The first-order valence-corrected chi connectivity index (χ1v) is 10.7. The summed E-state index contributed by atoms with van der Waals surface area (Å²) in [5.74, 6) is 1.10. The van der Waals surface area contributed by atoms with Crippen molar-refractivity contribution in [2.24, 2.45) is 4.99 Å². The smallest absolute Gasteiger partial charge is 0.168 e. The van der Waals surface area contributed by atoms with Crippen LogP contribution in [0.25, 0.3) is 0 Å². The molecule has 0 saturated carbocycles. The lowest BCUT2D eigenvalue weighted by Gasteiger charge is -2.32. The van der Waals surface area contributed by atoms with E-state index in [9.17, 15) is 0 Å². The first kappa shape index (κ1) is 17.6. The lowest BCUT2D eigenvalue weighted by Crippen LogP contribution is -2.34. The summed E-state index contributed by atoms with van der Waals surface area (Å²) < 4.78 is 0. The van der Waals surface area contributed by atoms with E-state index in [1.165, 1.54) is 50.0 Å². The van der Waals surface area contributed by atoms with Crippen LogP contribution >= 0.6 is 11.8 Å². The van der Waals surface area contributed by atoms with Crippen molar-refractivity contribution in [2.45, 2.75) is 25.7 Å². The Bertz CT molecular complexity index is 738. The average molecular weight is 366 g/mol. The number of likely N-dealkylation sites (tertiary alicyclic amines) is 1. The monoisotopic (exact) mass is 365 g/mol. The van der Waals surface area contributed by atoms with Crippen LogP contribution < -0.4 is 4.90 Å². The van der Waals surface area contributed by atoms with Gasteiger partial charge in [0, 0.05) is 24.5 Å². The number of fused-ring (bicyclic) bond motifs is 1. The number of amidine groups is 1. The van der Waals surface area contributed by atoms with Crippen LogP contribution in [-0.2, 0) is 6.42 Å². The van der Waals surface area contributed by atoms with Crippen molar-refractivity contribution in [3.63, 3.8) is 0 Å². The first-order valence-electron chi connectivity index (χ1n) is 9.74. The van der Waals surface area contributed by atoms with Crippen LogP contribution in [0.5, 0.6) is 0 Å². The number of thioether (sulfide) groups is 1. The molecule has 0 spiro atoms. The highest BCUT2D eigenvalue weighted by Gasteiger charge is 2.21. The molecule has 4 rings (SSSR count). The van der Waals surface area contributed by atoms with Crippen LogP contribution in [0, 0.1) is 0 Å². The number of aliphatic imine (C=N–C) groups is 1. The second-order valence-electron chi connectivity index (χ2n) is 7.01. The molecular weight excluding hydrogens is 338 g/mol. The van der Waals surface area contributed by atoms with Gasteiger partial charge < -0.3 is 9.80 Å². The van der Waals surface area contributed by atoms with E-state index in [4.69, 9.17) is 4.99 Å². The van der Waals surface area contributed by atoms with Crippen molar-refractivity contribution >= 4 is 28.3 Å². The van der Waals surface area contributed by atoms with E-state index in [0.29, 0.717) is 0 Å². The minimum Gasteiger partial charge on any atom is -0.321 e. The van der Waals surface area contributed by atoms with Crippen LogP contribution in [0.2, 0.25) is 0 Å². The zero-order chi connectivity index (χ0) is 17.6. The van der Waals surface area contributed by atoms with Gasteiger partial charge >= 0.3 is 0 Å². The van der Waals surface area contributed by atoms with Crippen molar-refractivity contribution in [3.8, 4) is 0 Å². The van der Waals surface area contributed by atoms with Gasteiger partial charge in [0.05, 0.1) is 5.69 Å². The van der Waals surface area contributed by atoms with Gasteiger partial charge in [-0.25, -0.2) is 4.99 Å². The molecule has 2 heterocycles.